The third-order valence-corrected chi connectivity index (χ3v) is 4.60. The average molecular weight is 458 g/mol. The number of aliphatic hydroxyl groups is 2. The summed E-state index contributed by atoms with van der Waals surface area (Å²) in [7, 11) is 0. The average Bonchev–Trinajstić information content (AvgIpc) is 2.69. The van der Waals surface area contributed by atoms with Gasteiger partial charge in [0.15, 0.2) is 11.5 Å². The molecule has 1 aliphatic rings. The molecule has 163 valence electrons. The van der Waals surface area contributed by atoms with E-state index in [4.69, 9.17) is 19.0 Å². The molecule has 11 heteroatoms. The van der Waals surface area contributed by atoms with Crippen molar-refractivity contribution in [1.29, 1.82) is 0 Å². The van der Waals surface area contributed by atoms with Crippen LogP contribution in [0.15, 0.2) is 30.6 Å². The topological polar surface area (TPSA) is 148 Å². The Labute approximate surface area is 176 Å². The van der Waals surface area contributed by atoms with Crippen LogP contribution in [0.25, 0.3) is 0 Å². The van der Waals surface area contributed by atoms with Crippen LogP contribution in [-0.2, 0) is 43.4 Å². The molecule has 29 heavy (non-hydrogen) atoms. The van der Waals surface area contributed by atoms with Gasteiger partial charge >= 0.3 is 0 Å². The van der Waals surface area contributed by atoms with Crippen molar-refractivity contribution < 1.29 is 46.3 Å². The van der Waals surface area contributed by atoms with Gasteiger partial charge in [0.25, 0.3) is 0 Å². The second-order valence-corrected chi connectivity index (χ2v) is 6.57. The molecular weight excluding hydrogens is 436 g/mol. The second kappa shape index (κ2) is 10.1. The molecule has 0 amide bonds. The summed E-state index contributed by atoms with van der Waals surface area (Å²) in [4.78, 5) is 27.3. The summed E-state index contributed by atoms with van der Waals surface area (Å²) in [6.07, 6.45) is 0. The maximum Gasteiger partial charge on any atom is 0.227 e. The number of aliphatic hydroxyl groups excluding tert-OH is 2. The van der Waals surface area contributed by atoms with Crippen molar-refractivity contribution in [2.24, 2.45) is 0 Å². The standard InChI is InChI=1S/C18H22N2O8.Cu/c21-9-11-5-13(23)17(25)15(27-11)7-19-1-2-20(4-3-19)8-16-18(26)14(24)6-12(10-22)28-16;/h5-6,21-22,25-26H,1-4,7-10H2;. The quantitative estimate of drug-likeness (QED) is 0.410. The van der Waals surface area contributed by atoms with E-state index in [1.807, 2.05) is 9.80 Å². The molecule has 1 saturated heterocycles. The van der Waals surface area contributed by atoms with Gasteiger partial charge in [-0.05, 0) is 0 Å². The predicted molar refractivity (Wildman–Crippen MR) is 95.7 cm³/mol. The normalized spacial score (nSPS) is 15.2. The summed E-state index contributed by atoms with van der Waals surface area (Å²) in [5.41, 5.74) is -1.20. The van der Waals surface area contributed by atoms with Gasteiger partial charge in [0, 0.05) is 55.4 Å². The number of hydrogen-bond donors (Lipinski definition) is 4. The SMILES string of the molecule is O=c1cc(CO)oc(CN2CCN(Cc3oc(CO)cc(=O)c3O)CC2)c1O.[Cu]. The first-order valence-corrected chi connectivity index (χ1v) is 8.77. The summed E-state index contributed by atoms with van der Waals surface area (Å²) in [6, 6.07) is 2.11. The molecule has 0 spiro atoms. The first-order chi connectivity index (χ1) is 13.4. The fourth-order valence-electron chi connectivity index (χ4n) is 3.06. The maximum absolute atomic E-state index is 11.7. The van der Waals surface area contributed by atoms with E-state index in [0.29, 0.717) is 26.2 Å². The summed E-state index contributed by atoms with van der Waals surface area (Å²) >= 11 is 0. The smallest absolute Gasteiger partial charge is 0.227 e. The molecule has 10 nitrogen and oxygen atoms in total. The third-order valence-electron chi connectivity index (χ3n) is 4.60. The Morgan fingerprint density at radius 2 is 1.10 bits per heavy atom. The summed E-state index contributed by atoms with van der Waals surface area (Å²) in [5, 5.41) is 38.0. The van der Waals surface area contributed by atoms with Gasteiger partial charge in [-0.2, -0.15) is 0 Å². The summed E-state index contributed by atoms with van der Waals surface area (Å²) in [5.74, 6) is -0.552. The first kappa shape index (κ1) is 23.1. The molecule has 1 aliphatic heterocycles. The van der Waals surface area contributed by atoms with Crippen LogP contribution in [0.2, 0.25) is 0 Å². The molecule has 3 heterocycles. The molecule has 0 aromatic carbocycles. The fourth-order valence-corrected chi connectivity index (χ4v) is 3.06. The Balaban J connectivity index is 0.00000300. The molecule has 0 bridgehead atoms. The molecular formula is C18H22CuN2O8. The van der Waals surface area contributed by atoms with Gasteiger partial charge in [-0.3, -0.25) is 19.4 Å². The maximum atomic E-state index is 11.7. The van der Waals surface area contributed by atoms with Crippen molar-refractivity contribution in [2.45, 2.75) is 26.3 Å². The predicted octanol–water partition coefficient (Wildman–Crippen LogP) is -0.696. The molecule has 4 N–H and O–H groups in total. The van der Waals surface area contributed by atoms with Crippen molar-refractivity contribution in [3.05, 3.63) is 55.6 Å². The van der Waals surface area contributed by atoms with Gasteiger partial charge in [0.1, 0.15) is 24.7 Å². The molecule has 2 aromatic rings. The van der Waals surface area contributed by atoms with E-state index in [-0.39, 0.29) is 53.2 Å². The van der Waals surface area contributed by atoms with Crippen LogP contribution >= 0.6 is 0 Å². The molecule has 0 atom stereocenters. The zero-order chi connectivity index (χ0) is 20.3. The molecule has 0 saturated carbocycles. The van der Waals surface area contributed by atoms with Crippen molar-refractivity contribution >= 4 is 0 Å². The third kappa shape index (κ3) is 5.47. The second-order valence-electron chi connectivity index (χ2n) is 6.57. The van der Waals surface area contributed by atoms with E-state index in [1.54, 1.807) is 0 Å². The monoisotopic (exact) mass is 457 g/mol. The van der Waals surface area contributed by atoms with Crippen LogP contribution in [0.4, 0.5) is 0 Å². The largest absolute Gasteiger partial charge is 0.502 e. The van der Waals surface area contributed by atoms with Gasteiger partial charge in [-0.15, -0.1) is 0 Å². The fraction of sp³-hybridized carbons (Fsp3) is 0.444. The van der Waals surface area contributed by atoms with Crippen LogP contribution in [0.5, 0.6) is 11.5 Å². The molecule has 0 aliphatic carbocycles. The molecule has 2 aromatic heterocycles. The Morgan fingerprint density at radius 3 is 1.41 bits per heavy atom. The zero-order valence-electron chi connectivity index (χ0n) is 15.4. The first-order valence-electron chi connectivity index (χ1n) is 8.77. The number of hydrogen-bond acceptors (Lipinski definition) is 10. The summed E-state index contributed by atoms with van der Waals surface area (Å²) in [6.45, 7) is 1.88. The van der Waals surface area contributed by atoms with Gasteiger partial charge < -0.3 is 29.3 Å². The van der Waals surface area contributed by atoms with Crippen LogP contribution in [0, 0.1) is 0 Å². The number of nitrogens with zero attached hydrogens (tertiary/aromatic N) is 2. The Kier molecular flexibility index (Phi) is 8.03. The van der Waals surface area contributed by atoms with Crippen LogP contribution in [0.3, 0.4) is 0 Å². The van der Waals surface area contributed by atoms with Crippen molar-refractivity contribution in [1.82, 2.24) is 9.80 Å². The Hall–Kier alpha value is -2.14. The summed E-state index contributed by atoms with van der Waals surface area (Å²) < 4.78 is 10.7. The van der Waals surface area contributed by atoms with Crippen LogP contribution in [-0.4, -0.2) is 56.4 Å². The van der Waals surface area contributed by atoms with E-state index >= 15 is 0 Å². The van der Waals surface area contributed by atoms with Crippen molar-refractivity contribution in [3.8, 4) is 11.5 Å². The number of piperazine rings is 1. The molecule has 3 rings (SSSR count). The number of aromatic hydroxyl groups is 2. The van der Waals surface area contributed by atoms with Gasteiger partial charge in [-0.25, -0.2) is 0 Å². The zero-order valence-corrected chi connectivity index (χ0v) is 16.4. The minimum absolute atomic E-state index is 0. The van der Waals surface area contributed by atoms with Gasteiger partial charge in [-0.1, -0.05) is 0 Å². The van der Waals surface area contributed by atoms with Crippen LogP contribution in [0.1, 0.15) is 23.0 Å². The minimum atomic E-state index is -0.599. The van der Waals surface area contributed by atoms with E-state index in [9.17, 15) is 19.8 Å². The Bertz CT molecular complexity index is 872. The molecule has 1 radical (unpaired) electrons. The van der Waals surface area contributed by atoms with Crippen LogP contribution < -0.4 is 10.9 Å². The molecule has 1 fully saturated rings. The van der Waals surface area contributed by atoms with Crippen molar-refractivity contribution in [2.75, 3.05) is 26.2 Å². The van der Waals surface area contributed by atoms with Crippen molar-refractivity contribution in [3.63, 3.8) is 0 Å². The van der Waals surface area contributed by atoms with E-state index in [0.717, 1.165) is 12.1 Å². The van der Waals surface area contributed by atoms with E-state index in [1.165, 1.54) is 0 Å². The minimum Gasteiger partial charge on any atom is -0.502 e. The Morgan fingerprint density at radius 1 is 0.759 bits per heavy atom. The van der Waals surface area contributed by atoms with Gasteiger partial charge in [0.2, 0.25) is 22.4 Å². The van der Waals surface area contributed by atoms with Gasteiger partial charge in [0.05, 0.1) is 13.1 Å². The van der Waals surface area contributed by atoms with E-state index < -0.39 is 35.6 Å². The number of rotatable bonds is 6. The molecule has 0 unspecified atom stereocenters. The van der Waals surface area contributed by atoms with E-state index in [2.05, 4.69) is 0 Å².